The van der Waals surface area contributed by atoms with E-state index < -0.39 is 0 Å². The molecule has 2 rings (SSSR count). The van der Waals surface area contributed by atoms with Gasteiger partial charge in [0.25, 0.3) is 0 Å². The third kappa shape index (κ3) is 2.38. The maximum absolute atomic E-state index is 13.4. The fraction of sp³-hybridized carbons (Fsp3) is 0.182. The van der Waals surface area contributed by atoms with E-state index in [0.29, 0.717) is 5.56 Å². The summed E-state index contributed by atoms with van der Waals surface area (Å²) in [5, 5.41) is 2.70. The van der Waals surface area contributed by atoms with Crippen molar-refractivity contribution in [3.8, 4) is 10.6 Å². The van der Waals surface area contributed by atoms with E-state index in [0.717, 1.165) is 22.9 Å². The van der Waals surface area contributed by atoms with E-state index in [9.17, 15) is 4.39 Å². The van der Waals surface area contributed by atoms with Crippen molar-refractivity contribution in [1.82, 2.24) is 4.98 Å². The fourth-order valence-corrected chi connectivity index (χ4v) is 2.40. The Labute approximate surface area is 97.4 Å². The zero-order chi connectivity index (χ0) is 10.7. The average Bonchev–Trinajstić information content (AvgIpc) is 2.68. The van der Waals surface area contributed by atoms with Crippen LogP contribution in [0.1, 0.15) is 5.69 Å². The minimum Gasteiger partial charge on any atom is -0.241 e. The van der Waals surface area contributed by atoms with Crippen LogP contribution < -0.4 is 0 Å². The molecule has 0 atom stereocenters. The average molecular weight is 239 g/mol. The molecular formula is C11H10FNS2. The van der Waals surface area contributed by atoms with E-state index in [1.54, 1.807) is 12.1 Å². The molecule has 1 aromatic heterocycles. The molecule has 0 fully saturated rings. The highest BCUT2D eigenvalue weighted by atomic mass is 32.1. The van der Waals surface area contributed by atoms with Crippen LogP contribution in [0.4, 0.5) is 4.39 Å². The Bertz CT molecular complexity index is 453. The summed E-state index contributed by atoms with van der Waals surface area (Å²) >= 11 is 5.61. The molecule has 0 saturated heterocycles. The van der Waals surface area contributed by atoms with Gasteiger partial charge in [0.2, 0.25) is 0 Å². The molecule has 4 heteroatoms. The van der Waals surface area contributed by atoms with Gasteiger partial charge >= 0.3 is 0 Å². The second-order valence-corrected chi connectivity index (χ2v) is 4.40. The van der Waals surface area contributed by atoms with Gasteiger partial charge in [-0.25, -0.2) is 9.37 Å². The highest BCUT2D eigenvalue weighted by Crippen LogP contribution is 2.26. The SMILES string of the molecule is Fc1ccccc1-c1nc(CCS)cs1. The van der Waals surface area contributed by atoms with Crippen molar-refractivity contribution < 1.29 is 4.39 Å². The zero-order valence-electron chi connectivity index (χ0n) is 7.98. The van der Waals surface area contributed by atoms with Crippen LogP contribution >= 0.6 is 24.0 Å². The molecule has 2 aromatic rings. The molecule has 1 aromatic carbocycles. The Balaban J connectivity index is 2.33. The first-order valence-electron chi connectivity index (χ1n) is 4.61. The molecule has 1 heterocycles. The van der Waals surface area contributed by atoms with Gasteiger partial charge in [-0.3, -0.25) is 0 Å². The lowest BCUT2D eigenvalue weighted by Crippen LogP contribution is -1.87. The van der Waals surface area contributed by atoms with E-state index in [-0.39, 0.29) is 5.82 Å². The molecule has 0 unspecified atom stereocenters. The Hall–Kier alpha value is -0.870. The van der Waals surface area contributed by atoms with Gasteiger partial charge in [-0.2, -0.15) is 12.6 Å². The summed E-state index contributed by atoms with van der Waals surface area (Å²) in [6.07, 6.45) is 0.827. The number of thiazole rings is 1. The summed E-state index contributed by atoms with van der Waals surface area (Å²) < 4.78 is 13.4. The lowest BCUT2D eigenvalue weighted by atomic mass is 10.2. The van der Waals surface area contributed by atoms with Crippen molar-refractivity contribution in [2.75, 3.05) is 5.75 Å². The van der Waals surface area contributed by atoms with Crippen molar-refractivity contribution in [3.63, 3.8) is 0 Å². The number of hydrogen-bond donors (Lipinski definition) is 1. The number of benzene rings is 1. The normalized spacial score (nSPS) is 10.5. The van der Waals surface area contributed by atoms with Gasteiger partial charge in [0.15, 0.2) is 0 Å². The lowest BCUT2D eigenvalue weighted by Gasteiger charge is -1.97. The molecule has 1 nitrogen and oxygen atoms in total. The highest BCUT2D eigenvalue weighted by molar-refractivity contribution is 7.80. The standard InChI is InChI=1S/C11H10FNS2/c12-10-4-2-1-3-9(10)11-13-8(5-6-14)7-15-11/h1-4,7,14H,5-6H2. The molecule has 0 bridgehead atoms. The van der Waals surface area contributed by atoms with Crippen molar-refractivity contribution in [2.24, 2.45) is 0 Å². The number of aryl methyl sites for hydroxylation is 1. The fourth-order valence-electron chi connectivity index (χ4n) is 1.29. The van der Waals surface area contributed by atoms with Gasteiger partial charge in [-0.15, -0.1) is 11.3 Å². The predicted octanol–water partition coefficient (Wildman–Crippen LogP) is 3.42. The molecule has 0 N–H and O–H groups in total. The predicted molar refractivity (Wildman–Crippen MR) is 65.1 cm³/mol. The molecular weight excluding hydrogens is 229 g/mol. The molecule has 0 spiro atoms. The van der Waals surface area contributed by atoms with Crippen molar-refractivity contribution in [3.05, 3.63) is 41.2 Å². The summed E-state index contributed by atoms with van der Waals surface area (Å²) in [6.45, 7) is 0. The van der Waals surface area contributed by atoms with Crippen LogP contribution in [0.3, 0.4) is 0 Å². The number of halogens is 1. The van der Waals surface area contributed by atoms with Crippen LogP contribution in [0.5, 0.6) is 0 Å². The first-order chi connectivity index (χ1) is 7.31. The number of hydrogen-bond acceptors (Lipinski definition) is 3. The molecule has 0 saturated carbocycles. The quantitative estimate of drug-likeness (QED) is 0.810. The second kappa shape index (κ2) is 4.77. The Morgan fingerprint density at radius 3 is 2.87 bits per heavy atom. The first kappa shape index (κ1) is 10.6. The molecule has 0 aliphatic rings. The van der Waals surface area contributed by atoms with Crippen molar-refractivity contribution in [2.45, 2.75) is 6.42 Å². The van der Waals surface area contributed by atoms with Crippen LogP contribution in [0.2, 0.25) is 0 Å². The van der Waals surface area contributed by atoms with Gasteiger partial charge in [-0.1, -0.05) is 12.1 Å². The number of nitrogens with zero attached hydrogens (tertiary/aromatic N) is 1. The molecule has 0 radical (unpaired) electrons. The lowest BCUT2D eigenvalue weighted by molar-refractivity contribution is 0.631. The summed E-state index contributed by atoms with van der Waals surface area (Å²) in [5.41, 5.74) is 1.56. The van der Waals surface area contributed by atoms with Gasteiger partial charge in [0, 0.05) is 10.9 Å². The molecule has 0 aliphatic heterocycles. The highest BCUT2D eigenvalue weighted by Gasteiger charge is 2.08. The summed E-state index contributed by atoms with van der Waals surface area (Å²) in [5.74, 6) is 0.546. The van der Waals surface area contributed by atoms with E-state index in [1.165, 1.54) is 17.4 Å². The van der Waals surface area contributed by atoms with Crippen LogP contribution in [-0.2, 0) is 6.42 Å². The summed E-state index contributed by atoms with van der Waals surface area (Å²) in [7, 11) is 0. The molecule has 78 valence electrons. The number of rotatable bonds is 3. The maximum Gasteiger partial charge on any atom is 0.133 e. The maximum atomic E-state index is 13.4. The van der Waals surface area contributed by atoms with E-state index in [1.807, 2.05) is 11.4 Å². The van der Waals surface area contributed by atoms with Crippen molar-refractivity contribution in [1.29, 1.82) is 0 Å². The minimum absolute atomic E-state index is 0.218. The molecule has 0 aliphatic carbocycles. The number of thiol groups is 1. The van der Waals surface area contributed by atoms with Crippen LogP contribution in [0.25, 0.3) is 10.6 Å². The van der Waals surface area contributed by atoms with Gasteiger partial charge in [-0.05, 0) is 24.3 Å². The Morgan fingerprint density at radius 2 is 2.13 bits per heavy atom. The first-order valence-corrected chi connectivity index (χ1v) is 6.12. The third-order valence-corrected chi connectivity index (χ3v) is 3.17. The van der Waals surface area contributed by atoms with E-state index in [2.05, 4.69) is 17.6 Å². The Morgan fingerprint density at radius 1 is 1.33 bits per heavy atom. The van der Waals surface area contributed by atoms with Gasteiger partial charge < -0.3 is 0 Å². The van der Waals surface area contributed by atoms with Crippen molar-refractivity contribution >= 4 is 24.0 Å². The molecule has 0 amide bonds. The smallest absolute Gasteiger partial charge is 0.133 e. The second-order valence-electron chi connectivity index (χ2n) is 3.10. The van der Waals surface area contributed by atoms with E-state index in [4.69, 9.17) is 0 Å². The van der Waals surface area contributed by atoms with E-state index >= 15 is 0 Å². The van der Waals surface area contributed by atoms with Crippen LogP contribution in [0.15, 0.2) is 29.6 Å². The largest absolute Gasteiger partial charge is 0.241 e. The monoisotopic (exact) mass is 239 g/mol. The topological polar surface area (TPSA) is 12.9 Å². The van der Waals surface area contributed by atoms with Gasteiger partial charge in [0.1, 0.15) is 10.8 Å². The van der Waals surface area contributed by atoms with Crippen LogP contribution in [0, 0.1) is 5.82 Å². The van der Waals surface area contributed by atoms with Crippen LogP contribution in [-0.4, -0.2) is 10.7 Å². The summed E-state index contributed by atoms with van der Waals surface area (Å²) in [6, 6.07) is 6.70. The third-order valence-electron chi connectivity index (χ3n) is 2.02. The Kier molecular flexibility index (Phi) is 3.38. The number of aromatic nitrogens is 1. The summed E-state index contributed by atoms with van der Waals surface area (Å²) in [4.78, 5) is 4.36. The zero-order valence-corrected chi connectivity index (χ0v) is 9.69. The van der Waals surface area contributed by atoms with Gasteiger partial charge in [0.05, 0.1) is 5.69 Å². The minimum atomic E-state index is -0.218. The molecule has 15 heavy (non-hydrogen) atoms.